The van der Waals surface area contributed by atoms with E-state index in [1.165, 1.54) is 0 Å². The molecule has 2 aliphatic rings. The number of hydrogen-bond donors (Lipinski definition) is 0. The first-order chi connectivity index (χ1) is 11.2. The van der Waals surface area contributed by atoms with E-state index in [1.54, 1.807) is 0 Å². The molecule has 1 saturated carbocycles. The fourth-order valence-electron chi connectivity index (χ4n) is 3.02. The van der Waals surface area contributed by atoms with E-state index in [-0.39, 0.29) is 30.1 Å². The van der Waals surface area contributed by atoms with Crippen LogP contribution in [0.5, 0.6) is 0 Å². The fourth-order valence-corrected chi connectivity index (χ4v) is 3.02. The van der Waals surface area contributed by atoms with Crippen LogP contribution < -0.4 is 5.46 Å². The van der Waals surface area contributed by atoms with Gasteiger partial charge in [-0.3, -0.25) is 4.79 Å². The summed E-state index contributed by atoms with van der Waals surface area (Å²) in [6, 6.07) is 8.14. The van der Waals surface area contributed by atoms with E-state index < -0.39 is 0 Å². The third-order valence-electron chi connectivity index (χ3n) is 5.54. The molecule has 0 aromatic heterocycles. The van der Waals surface area contributed by atoms with Crippen molar-refractivity contribution in [2.24, 2.45) is 5.92 Å². The maximum absolute atomic E-state index is 12.4. The minimum absolute atomic E-state index is 0.244. The van der Waals surface area contributed by atoms with Gasteiger partial charge < -0.3 is 14.2 Å². The Labute approximate surface area is 145 Å². The molecule has 0 unspecified atom stereocenters. The molecule has 0 radical (unpaired) electrons. The van der Waals surface area contributed by atoms with Crippen LogP contribution in [0.4, 0.5) is 0 Å². The third-order valence-corrected chi connectivity index (χ3v) is 5.54. The summed E-state index contributed by atoms with van der Waals surface area (Å²) in [5.41, 5.74) is 1.41. The van der Waals surface area contributed by atoms with E-state index in [9.17, 15) is 4.79 Å². The van der Waals surface area contributed by atoms with Crippen molar-refractivity contribution >= 4 is 18.5 Å². The molecule has 1 amide bonds. The highest BCUT2D eigenvalue weighted by atomic mass is 16.7. The van der Waals surface area contributed by atoms with Crippen LogP contribution in [0.2, 0.25) is 0 Å². The van der Waals surface area contributed by atoms with Crippen LogP contribution in [-0.4, -0.2) is 35.7 Å². The van der Waals surface area contributed by atoms with Crippen molar-refractivity contribution in [3.05, 3.63) is 29.8 Å². The predicted octanol–water partition coefficient (Wildman–Crippen LogP) is 2.74. The first-order valence-corrected chi connectivity index (χ1v) is 8.97. The molecule has 0 N–H and O–H groups in total. The summed E-state index contributed by atoms with van der Waals surface area (Å²) in [4.78, 5) is 14.4. The number of rotatable bonds is 5. The molecular formula is C19H28BNO3. The van der Waals surface area contributed by atoms with Crippen molar-refractivity contribution < 1.29 is 14.1 Å². The van der Waals surface area contributed by atoms with Crippen LogP contribution in [-0.2, 0) is 20.6 Å². The summed E-state index contributed by atoms with van der Waals surface area (Å²) in [5.74, 6) is 0.523. The van der Waals surface area contributed by atoms with Crippen LogP contribution in [0.3, 0.4) is 0 Å². The fraction of sp³-hybridized carbons (Fsp3) is 0.632. The summed E-state index contributed by atoms with van der Waals surface area (Å²) in [7, 11) is -0.388. The second-order valence-corrected chi connectivity index (χ2v) is 7.91. The molecular weight excluding hydrogens is 301 g/mol. The molecule has 130 valence electrons. The van der Waals surface area contributed by atoms with Crippen molar-refractivity contribution in [3.8, 4) is 0 Å². The molecule has 1 aliphatic carbocycles. The molecule has 24 heavy (non-hydrogen) atoms. The van der Waals surface area contributed by atoms with Gasteiger partial charge in [0.1, 0.15) is 0 Å². The average Bonchev–Trinajstić information content (AvgIpc) is 3.32. The van der Waals surface area contributed by atoms with Crippen LogP contribution in [0, 0.1) is 5.92 Å². The van der Waals surface area contributed by atoms with Crippen LogP contribution in [0.25, 0.3) is 0 Å². The molecule has 1 aliphatic heterocycles. The molecule has 1 saturated heterocycles. The largest absolute Gasteiger partial charge is 0.495 e. The Kier molecular flexibility index (Phi) is 4.52. The molecule has 1 heterocycles. The van der Waals surface area contributed by atoms with Gasteiger partial charge in [-0.25, -0.2) is 0 Å². The Morgan fingerprint density at radius 2 is 1.75 bits per heavy atom. The molecule has 1 aromatic rings. The average molecular weight is 329 g/mol. The molecule has 0 bridgehead atoms. The molecule has 0 spiro atoms. The lowest BCUT2D eigenvalue weighted by molar-refractivity contribution is -0.132. The standard InChI is InChI=1S/C19H28BNO3/c1-6-21(17(22)14-11-12-14)13-15-9-7-8-10-16(15)20-23-18(2,3)19(4,5)24-20/h7-10,14H,6,11-13H2,1-5H3. The van der Waals surface area contributed by atoms with Gasteiger partial charge in [-0.05, 0) is 58.5 Å². The van der Waals surface area contributed by atoms with Crippen molar-refractivity contribution in [1.82, 2.24) is 4.90 Å². The monoisotopic (exact) mass is 329 g/mol. The Hall–Kier alpha value is -1.33. The lowest BCUT2D eigenvalue weighted by atomic mass is 9.76. The SMILES string of the molecule is CCN(Cc1ccccc1B1OC(C)(C)C(C)(C)O1)C(=O)C1CC1. The lowest BCUT2D eigenvalue weighted by Gasteiger charge is -2.32. The van der Waals surface area contributed by atoms with Gasteiger partial charge in [-0.2, -0.15) is 0 Å². The summed E-state index contributed by atoms with van der Waals surface area (Å²) >= 11 is 0. The zero-order chi connectivity index (χ0) is 17.5. The van der Waals surface area contributed by atoms with Crippen LogP contribution in [0.1, 0.15) is 53.0 Å². The van der Waals surface area contributed by atoms with E-state index in [2.05, 4.69) is 33.8 Å². The van der Waals surface area contributed by atoms with Crippen molar-refractivity contribution in [1.29, 1.82) is 0 Å². The zero-order valence-electron chi connectivity index (χ0n) is 15.5. The lowest BCUT2D eigenvalue weighted by Crippen LogP contribution is -2.41. The highest BCUT2D eigenvalue weighted by molar-refractivity contribution is 6.62. The van der Waals surface area contributed by atoms with Gasteiger partial charge in [0.15, 0.2) is 0 Å². The molecule has 5 heteroatoms. The molecule has 4 nitrogen and oxygen atoms in total. The molecule has 2 fully saturated rings. The number of carbonyl (C=O) groups excluding carboxylic acids is 1. The Bertz CT molecular complexity index is 609. The predicted molar refractivity (Wildman–Crippen MR) is 96.0 cm³/mol. The number of amides is 1. The topological polar surface area (TPSA) is 38.8 Å². The highest BCUT2D eigenvalue weighted by Crippen LogP contribution is 2.37. The van der Waals surface area contributed by atoms with Crippen molar-refractivity contribution in [2.75, 3.05) is 6.54 Å². The van der Waals surface area contributed by atoms with Crippen LogP contribution >= 0.6 is 0 Å². The minimum atomic E-state index is -0.388. The van der Waals surface area contributed by atoms with Crippen molar-refractivity contribution in [3.63, 3.8) is 0 Å². The van der Waals surface area contributed by atoms with Crippen LogP contribution in [0.15, 0.2) is 24.3 Å². The number of hydrogen-bond acceptors (Lipinski definition) is 3. The van der Waals surface area contributed by atoms with E-state index >= 15 is 0 Å². The minimum Gasteiger partial charge on any atom is -0.399 e. The van der Waals surface area contributed by atoms with Gasteiger partial charge in [-0.1, -0.05) is 24.3 Å². The van der Waals surface area contributed by atoms with E-state index in [4.69, 9.17) is 9.31 Å². The van der Waals surface area contributed by atoms with Gasteiger partial charge in [0.2, 0.25) is 5.91 Å². The zero-order valence-corrected chi connectivity index (χ0v) is 15.5. The summed E-state index contributed by atoms with van der Waals surface area (Å²) < 4.78 is 12.4. The smallest absolute Gasteiger partial charge is 0.399 e. The number of benzene rings is 1. The molecule has 3 rings (SSSR count). The van der Waals surface area contributed by atoms with Gasteiger partial charge in [0.25, 0.3) is 0 Å². The number of carbonyl (C=O) groups is 1. The van der Waals surface area contributed by atoms with Gasteiger partial charge in [0.05, 0.1) is 11.2 Å². The second-order valence-electron chi connectivity index (χ2n) is 7.91. The third kappa shape index (κ3) is 3.24. The first-order valence-electron chi connectivity index (χ1n) is 8.97. The maximum Gasteiger partial charge on any atom is 0.495 e. The molecule has 0 atom stereocenters. The van der Waals surface area contributed by atoms with E-state index in [0.717, 1.165) is 30.4 Å². The Balaban J connectivity index is 1.82. The van der Waals surface area contributed by atoms with Crippen molar-refractivity contribution in [2.45, 2.75) is 65.2 Å². The summed E-state index contributed by atoms with van der Waals surface area (Å²) in [5, 5.41) is 0. The summed E-state index contributed by atoms with van der Waals surface area (Å²) in [6.07, 6.45) is 2.07. The quantitative estimate of drug-likeness (QED) is 0.780. The van der Waals surface area contributed by atoms with E-state index in [1.807, 2.05) is 30.0 Å². The normalized spacial score (nSPS) is 21.8. The Morgan fingerprint density at radius 1 is 1.17 bits per heavy atom. The second kappa shape index (κ2) is 6.19. The maximum atomic E-state index is 12.4. The highest BCUT2D eigenvalue weighted by Gasteiger charge is 2.52. The van der Waals surface area contributed by atoms with E-state index in [0.29, 0.717) is 6.54 Å². The van der Waals surface area contributed by atoms with Gasteiger partial charge in [-0.15, -0.1) is 0 Å². The first kappa shape index (κ1) is 17.5. The van der Waals surface area contributed by atoms with Gasteiger partial charge in [0, 0.05) is 19.0 Å². The van der Waals surface area contributed by atoms with Gasteiger partial charge >= 0.3 is 7.12 Å². The number of nitrogens with zero attached hydrogens (tertiary/aromatic N) is 1. The Morgan fingerprint density at radius 3 is 2.29 bits per heavy atom. The summed E-state index contributed by atoms with van der Waals surface area (Å²) in [6.45, 7) is 11.6. The molecule has 1 aromatic carbocycles.